The second-order valence-corrected chi connectivity index (χ2v) is 10.8. The molecule has 0 atom stereocenters. The van der Waals surface area contributed by atoms with Crippen LogP contribution < -0.4 is 4.43 Å². The molecule has 100 valence electrons. The van der Waals surface area contributed by atoms with Crippen LogP contribution >= 0.6 is 0 Å². The Bertz CT molecular complexity index is 464. The van der Waals surface area contributed by atoms with Gasteiger partial charge in [-0.05, 0) is 36.7 Å². The van der Waals surface area contributed by atoms with Crippen LogP contribution in [0.15, 0.2) is 18.2 Å². The van der Waals surface area contributed by atoms with Crippen LogP contribution in [0, 0.1) is 17.0 Å². The van der Waals surface area contributed by atoms with Gasteiger partial charge in [-0.2, -0.15) is 0 Å². The SMILES string of the molecule is Cc1cc([N+](=O)[O-])ccc1O[Si](C)(C)C(C)(C)C. The molecular formula is C13H21NO3Si. The fraction of sp³-hybridized carbons (Fsp3) is 0.538. The number of nitro benzene ring substituents is 1. The molecule has 0 saturated heterocycles. The molecule has 18 heavy (non-hydrogen) atoms. The lowest BCUT2D eigenvalue weighted by Gasteiger charge is -2.36. The van der Waals surface area contributed by atoms with Crippen LogP contribution in [0.2, 0.25) is 18.1 Å². The van der Waals surface area contributed by atoms with E-state index in [1.165, 1.54) is 6.07 Å². The molecule has 0 bridgehead atoms. The average Bonchev–Trinajstić information content (AvgIpc) is 2.18. The molecule has 0 saturated carbocycles. The minimum Gasteiger partial charge on any atom is -0.543 e. The third-order valence-corrected chi connectivity index (χ3v) is 7.88. The number of aryl methyl sites for hydroxylation is 1. The Hall–Kier alpha value is -1.36. The van der Waals surface area contributed by atoms with Crippen molar-refractivity contribution in [3.8, 4) is 5.75 Å². The Kier molecular flexibility index (Phi) is 3.86. The van der Waals surface area contributed by atoms with Crippen molar-refractivity contribution in [1.29, 1.82) is 0 Å². The molecule has 1 aromatic rings. The van der Waals surface area contributed by atoms with Gasteiger partial charge in [-0.1, -0.05) is 20.8 Å². The summed E-state index contributed by atoms with van der Waals surface area (Å²) in [5.41, 5.74) is 0.920. The highest BCUT2D eigenvalue weighted by Gasteiger charge is 2.39. The summed E-state index contributed by atoms with van der Waals surface area (Å²) >= 11 is 0. The van der Waals surface area contributed by atoms with Crippen molar-refractivity contribution in [2.24, 2.45) is 0 Å². The van der Waals surface area contributed by atoms with Gasteiger partial charge in [0.05, 0.1) is 4.92 Å². The first kappa shape index (κ1) is 14.7. The normalized spacial score (nSPS) is 12.3. The summed E-state index contributed by atoms with van der Waals surface area (Å²) in [7, 11) is -1.89. The summed E-state index contributed by atoms with van der Waals surface area (Å²) in [4.78, 5) is 10.3. The molecule has 0 amide bonds. The molecule has 4 nitrogen and oxygen atoms in total. The number of nitro groups is 1. The van der Waals surface area contributed by atoms with E-state index in [0.29, 0.717) is 0 Å². The number of hydrogen-bond acceptors (Lipinski definition) is 3. The summed E-state index contributed by atoms with van der Waals surface area (Å²) in [6.45, 7) is 12.7. The van der Waals surface area contributed by atoms with Gasteiger partial charge >= 0.3 is 0 Å². The number of nitrogens with zero attached hydrogens (tertiary/aromatic N) is 1. The van der Waals surface area contributed by atoms with Crippen LogP contribution in [0.1, 0.15) is 26.3 Å². The predicted octanol–water partition coefficient (Wildman–Crippen LogP) is 4.29. The Morgan fingerprint density at radius 1 is 1.28 bits per heavy atom. The van der Waals surface area contributed by atoms with E-state index < -0.39 is 8.32 Å². The van der Waals surface area contributed by atoms with Crippen molar-refractivity contribution >= 4 is 14.0 Å². The third kappa shape index (κ3) is 3.10. The zero-order valence-corrected chi connectivity index (χ0v) is 12.9. The molecule has 0 aliphatic carbocycles. The summed E-state index contributed by atoms with van der Waals surface area (Å²) in [6.07, 6.45) is 0. The number of rotatable bonds is 3. The molecule has 0 spiro atoms. The zero-order valence-electron chi connectivity index (χ0n) is 11.9. The Morgan fingerprint density at radius 3 is 2.22 bits per heavy atom. The molecule has 0 heterocycles. The molecule has 1 rings (SSSR count). The maximum absolute atomic E-state index is 10.7. The van der Waals surface area contributed by atoms with E-state index in [1.807, 2.05) is 6.92 Å². The third-order valence-electron chi connectivity index (χ3n) is 3.54. The van der Waals surface area contributed by atoms with Crippen LogP contribution in [-0.4, -0.2) is 13.2 Å². The quantitative estimate of drug-likeness (QED) is 0.466. The van der Waals surface area contributed by atoms with Gasteiger partial charge in [-0.25, -0.2) is 0 Å². The second kappa shape index (κ2) is 4.72. The summed E-state index contributed by atoms with van der Waals surface area (Å²) in [5.74, 6) is 0.757. The monoisotopic (exact) mass is 267 g/mol. The lowest BCUT2D eigenvalue weighted by Crippen LogP contribution is -2.44. The average molecular weight is 267 g/mol. The summed E-state index contributed by atoms with van der Waals surface area (Å²) < 4.78 is 6.15. The Balaban J connectivity index is 3.03. The van der Waals surface area contributed by atoms with Crippen molar-refractivity contribution < 1.29 is 9.35 Å². The van der Waals surface area contributed by atoms with E-state index >= 15 is 0 Å². The van der Waals surface area contributed by atoms with Crippen LogP contribution in [-0.2, 0) is 0 Å². The van der Waals surface area contributed by atoms with Crippen molar-refractivity contribution in [1.82, 2.24) is 0 Å². The van der Waals surface area contributed by atoms with Gasteiger partial charge in [-0.15, -0.1) is 0 Å². The highest BCUT2D eigenvalue weighted by molar-refractivity contribution is 6.74. The Labute approximate surface area is 109 Å². The first-order valence-corrected chi connectivity index (χ1v) is 8.89. The maximum atomic E-state index is 10.7. The first-order chi connectivity index (χ1) is 8.04. The van der Waals surface area contributed by atoms with Gasteiger partial charge < -0.3 is 4.43 Å². The van der Waals surface area contributed by atoms with E-state index in [0.717, 1.165) is 11.3 Å². The van der Waals surface area contributed by atoms with E-state index in [9.17, 15) is 10.1 Å². The molecule has 0 aliphatic rings. The molecule has 5 heteroatoms. The molecular weight excluding hydrogens is 246 g/mol. The van der Waals surface area contributed by atoms with Crippen molar-refractivity contribution in [3.05, 3.63) is 33.9 Å². The van der Waals surface area contributed by atoms with Gasteiger partial charge in [0.2, 0.25) is 8.32 Å². The molecule has 0 unspecified atom stereocenters. The van der Waals surface area contributed by atoms with Gasteiger partial charge in [-0.3, -0.25) is 10.1 Å². The van der Waals surface area contributed by atoms with Crippen molar-refractivity contribution in [2.45, 2.75) is 45.8 Å². The number of hydrogen-bond donors (Lipinski definition) is 0. The van der Waals surface area contributed by atoms with Gasteiger partial charge in [0.1, 0.15) is 5.75 Å². The van der Waals surface area contributed by atoms with E-state index in [1.54, 1.807) is 12.1 Å². The smallest absolute Gasteiger partial charge is 0.269 e. The minimum atomic E-state index is -1.89. The van der Waals surface area contributed by atoms with Gasteiger partial charge in [0.25, 0.3) is 5.69 Å². The van der Waals surface area contributed by atoms with Crippen LogP contribution in [0.5, 0.6) is 5.75 Å². The molecule has 0 aliphatic heterocycles. The standard InChI is InChI=1S/C13H21NO3Si/c1-10-9-11(14(15)16)7-8-12(10)17-18(5,6)13(2,3)4/h7-9H,1-6H3. The van der Waals surface area contributed by atoms with Crippen LogP contribution in [0.25, 0.3) is 0 Å². The van der Waals surface area contributed by atoms with Crippen molar-refractivity contribution in [2.75, 3.05) is 0 Å². The molecule has 0 fully saturated rings. The molecule has 0 radical (unpaired) electrons. The largest absolute Gasteiger partial charge is 0.543 e. The van der Waals surface area contributed by atoms with E-state index in [-0.39, 0.29) is 15.6 Å². The number of non-ortho nitro benzene ring substituents is 1. The van der Waals surface area contributed by atoms with Gasteiger partial charge in [0, 0.05) is 12.1 Å². The highest BCUT2D eigenvalue weighted by atomic mass is 28.4. The van der Waals surface area contributed by atoms with Crippen LogP contribution in [0.4, 0.5) is 5.69 Å². The minimum absolute atomic E-state index is 0.107. The second-order valence-electron chi connectivity index (χ2n) is 6.07. The maximum Gasteiger partial charge on any atom is 0.269 e. The summed E-state index contributed by atoms with van der Waals surface area (Å²) in [6, 6.07) is 4.76. The topological polar surface area (TPSA) is 52.4 Å². The molecule has 1 aromatic carbocycles. The molecule has 0 aromatic heterocycles. The summed E-state index contributed by atoms with van der Waals surface area (Å²) in [5, 5.41) is 10.8. The fourth-order valence-electron chi connectivity index (χ4n) is 1.29. The Morgan fingerprint density at radius 2 is 1.83 bits per heavy atom. The fourth-order valence-corrected chi connectivity index (χ4v) is 2.37. The van der Waals surface area contributed by atoms with Gasteiger partial charge in [0.15, 0.2) is 0 Å². The number of benzene rings is 1. The highest BCUT2D eigenvalue weighted by Crippen LogP contribution is 2.38. The lowest BCUT2D eigenvalue weighted by atomic mass is 10.2. The van der Waals surface area contributed by atoms with E-state index in [2.05, 4.69) is 33.9 Å². The van der Waals surface area contributed by atoms with E-state index in [4.69, 9.17) is 4.43 Å². The van der Waals surface area contributed by atoms with Crippen molar-refractivity contribution in [3.63, 3.8) is 0 Å². The zero-order chi connectivity index (χ0) is 14.1. The lowest BCUT2D eigenvalue weighted by molar-refractivity contribution is -0.384. The van der Waals surface area contributed by atoms with Crippen LogP contribution in [0.3, 0.4) is 0 Å². The first-order valence-electron chi connectivity index (χ1n) is 5.99. The predicted molar refractivity (Wildman–Crippen MR) is 75.7 cm³/mol. The molecule has 0 N–H and O–H groups in total.